The van der Waals surface area contributed by atoms with E-state index < -0.39 is 0 Å². The van der Waals surface area contributed by atoms with Crippen LogP contribution in [0.3, 0.4) is 0 Å². The highest BCUT2D eigenvalue weighted by atomic mass is 16.2. The summed E-state index contributed by atoms with van der Waals surface area (Å²) in [5, 5.41) is 4.00. The van der Waals surface area contributed by atoms with E-state index in [-0.39, 0.29) is 24.7 Å². The van der Waals surface area contributed by atoms with Crippen molar-refractivity contribution >= 4 is 34.2 Å². The van der Waals surface area contributed by atoms with Crippen LogP contribution in [0.25, 0.3) is 10.9 Å². The molecule has 0 aliphatic carbocycles. The van der Waals surface area contributed by atoms with Gasteiger partial charge in [-0.15, -0.1) is 0 Å². The van der Waals surface area contributed by atoms with Crippen LogP contribution in [0.1, 0.15) is 38.2 Å². The normalized spacial score (nSPS) is 18.2. The molecule has 2 aliphatic heterocycles. The smallest absolute Gasteiger partial charge is 0.224 e. The number of likely N-dealkylation sites (N-methyl/N-ethyl adjacent to an activating group) is 1. The second-order valence-electron chi connectivity index (χ2n) is 9.43. The van der Waals surface area contributed by atoms with Gasteiger partial charge in [-0.25, -0.2) is 4.98 Å². The summed E-state index contributed by atoms with van der Waals surface area (Å²) in [4.78, 5) is 36.3. The maximum Gasteiger partial charge on any atom is 0.224 e. The molecular formula is C25H35N5O2. The van der Waals surface area contributed by atoms with Crippen molar-refractivity contribution in [1.29, 1.82) is 0 Å². The van der Waals surface area contributed by atoms with E-state index >= 15 is 0 Å². The lowest BCUT2D eigenvalue weighted by Crippen LogP contribution is -2.44. The molecule has 2 aliphatic rings. The van der Waals surface area contributed by atoms with Gasteiger partial charge in [0.15, 0.2) is 0 Å². The highest BCUT2D eigenvalue weighted by Gasteiger charge is 2.21. The number of fused-ring (bicyclic) bond motifs is 1. The molecule has 32 heavy (non-hydrogen) atoms. The summed E-state index contributed by atoms with van der Waals surface area (Å²) in [5.74, 6) is 1.67. The molecule has 7 nitrogen and oxygen atoms in total. The quantitative estimate of drug-likeness (QED) is 0.778. The van der Waals surface area contributed by atoms with Crippen LogP contribution < -0.4 is 10.2 Å². The average molecular weight is 438 g/mol. The number of hydrogen-bond donors (Lipinski definition) is 1. The summed E-state index contributed by atoms with van der Waals surface area (Å²) in [5.41, 5.74) is 2.83. The zero-order valence-corrected chi connectivity index (χ0v) is 19.6. The molecule has 2 saturated heterocycles. The Kier molecular flexibility index (Phi) is 6.94. The van der Waals surface area contributed by atoms with E-state index in [1.54, 1.807) is 0 Å². The number of nitrogens with zero attached hydrogens (tertiary/aromatic N) is 4. The van der Waals surface area contributed by atoms with Gasteiger partial charge >= 0.3 is 0 Å². The number of anilines is 2. The highest BCUT2D eigenvalue weighted by Crippen LogP contribution is 2.26. The predicted octanol–water partition coefficient (Wildman–Crippen LogP) is 3.27. The van der Waals surface area contributed by atoms with E-state index in [1.165, 1.54) is 0 Å². The second kappa shape index (κ2) is 9.86. The zero-order valence-electron chi connectivity index (χ0n) is 19.6. The highest BCUT2D eigenvalue weighted by molar-refractivity contribution is 5.96. The first-order valence-corrected chi connectivity index (χ1v) is 11.8. The number of piperidine rings is 1. The van der Waals surface area contributed by atoms with Crippen LogP contribution in [0.5, 0.6) is 0 Å². The van der Waals surface area contributed by atoms with Crippen LogP contribution in [-0.2, 0) is 9.59 Å². The maximum absolute atomic E-state index is 12.5. The van der Waals surface area contributed by atoms with E-state index in [0.717, 1.165) is 80.1 Å². The monoisotopic (exact) mass is 437 g/mol. The summed E-state index contributed by atoms with van der Waals surface area (Å²) in [6.07, 6.45) is 2.59. The molecular weight excluding hydrogens is 402 g/mol. The molecule has 0 saturated carbocycles. The molecule has 0 spiro atoms. The first-order chi connectivity index (χ1) is 15.4. The Hall–Kier alpha value is -2.67. The van der Waals surface area contributed by atoms with E-state index in [1.807, 2.05) is 23.1 Å². The second-order valence-corrected chi connectivity index (χ2v) is 9.43. The van der Waals surface area contributed by atoms with Crippen LogP contribution >= 0.6 is 0 Å². The molecule has 0 unspecified atom stereocenters. The lowest BCUT2D eigenvalue weighted by molar-refractivity contribution is -0.134. The Labute approximate surface area is 190 Å². The Morgan fingerprint density at radius 3 is 2.47 bits per heavy atom. The van der Waals surface area contributed by atoms with Crippen LogP contribution in [0.15, 0.2) is 24.3 Å². The number of aromatic nitrogens is 1. The number of hydrogen-bond acceptors (Lipinski definition) is 5. The Morgan fingerprint density at radius 2 is 1.75 bits per heavy atom. The van der Waals surface area contributed by atoms with Gasteiger partial charge in [-0.1, -0.05) is 6.92 Å². The largest absolute Gasteiger partial charge is 0.354 e. The summed E-state index contributed by atoms with van der Waals surface area (Å²) in [6.45, 7) is 10.0. The third-order valence-electron chi connectivity index (χ3n) is 6.82. The summed E-state index contributed by atoms with van der Waals surface area (Å²) in [7, 11) is 2.15. The van der Waals surface area contributed by atoms with E-state index in [4.69, 9.17) is 4.98 Å². The third kappa shape index (κ3) is 5.38. The minimum Gasteiger partial charge on any atom is -0.354 e. The number of carbonyl (C=O) groups is 2. The van der Waals surface area contributed by atoms with Gasteiger partial charge in [-0.3, -0.25) is 9.59 Å². The van der Waals surface area contributed by atoms with Crippen molar-refractivity contribution in [3.63, 3.8) is 0 Å². The molecule has 2 fully saturated rings. The van der Waals surface area contributed by atoms with Gasteiger partial charge < -0.3 is 20.0 Å². The first-order valence-electron chi connectivity index (χ1n) is 11.8. The molecule has 172 valence electrons. The molecule has 0 atom stereocenters. The molecule has 1 aromatic heterocycles. The standard InChI is InChI=1S/C25H35N5O2/c1-18-8-10-30(11-9-18)25(32)7-6-24(31)26-20-4-5-22-21(17-20)19(2)16-23(27-22)29-14-12-28(3)13-15-29/h4-5,16-18H,6-15H2,1-3H3,(H,26,31). The van der Waals surface area contributed by atoms with Crippen molar-refractivity contribution in [2.75, 3.05) is 56.5 Å². The fourth-order valence-corrected chi connectivity index (χ4v) is 4.51. The van der Waals surface area contributed by atoms with Gasteiger partial charge in [0.05, 0.1) is 5.52 Å². The molecule has 2 aromatic rings. The Morgan fingerprint density at radius 1 is 1.03 bits per heavy atom. The number of nitrogens with one attached hydrogen (secondary N) is 1. The molecule has 7 heteroatoms. The minimum atomic E-state index is -0.122. The first kappa shape index (κ1) is 22.5. The van der Waals surface area contributed by atoms with Crippen LogP contribution in [0.2, 0.25) is 0 Å². The lowest BCUT2D eigenvalue weighted by atomic mass is 9.99. The van der Waals surface area contributed by atoms with Crippen molar-refractivity contribution in [3.8, 4) is 0 Å². The number of pyridine rings is 1. The molecule has 4 rings (SSSR count). The molecule has 1 aromatic carbocycles. The summed E-state index contributed by atoms with van der Waals surface area (Å²) >= 11 is 0. The van der Waals surface area contributed by atoms with Crippen LogP contribution in [0, 0.1) is 12.8 Å². The molecule has 2 amide bonds. The Bertz CT molecular complexity index is 976. The van der Waals surface area contributed by atoms with E-state index in [0.29, 0.717) is 5.92 Å². The van der Waals surface area contributed by atoms with Crippen molar-refractivity contribution < 1.29 is 9.59 Å². The fraction of sp³-hybridized carbons (Fsp3) is 0.560. The number of likely N-dealkylation sites (tertiary alicyclic amines) is 1. The van der Waals surface area contributed by atoms with Crippen molar-refractivity contribution in [2.24, 2.45) is 5.92 Å². The summed E-state index contributed by atoms with van der Waals surface area (Å²) < 4.78 is 0. The average Bonchev–Trinajstić information content (AvgIpc) is 2.79. The fourth-order valence-electron chi connectivity index (χ4n) is 4.51. The predicted molar refractivity (Wildman–Crippen MR) is 129 cm³/mol. The van der Waals surface area contributed by atoms with Crippen LogP contribution in [-0.4, -0.2) is 72.9 Å². The van der Waals surface area contributed by atoms with Crippen LogP contribution in [0.4, 0.5) is 11.5 Å². The molecule has 0 radical (unpaired) electrons. The maximum atomic E-state index is 12.5. The summed E-state index contributed by atoms with van der Waals surface area (Å²) in [6, 6.07) is 7.99. The number of rotatable bonds is 5. The molecule has 0 bridgehead atoms. The van der Waals surface area contributed by atoms with Crippen molar-refractivity contribution in [1.82, 2.24) is 14.8 Å². The SMILES string of the molecule is Cc1cc(N2CCN(C)CC2)nc2ccc(NC(=O)CCC(=O)N3CCC(C)CC3)cc12. The number of carbonyl (C=O) groups excluding carboxylic acids is 2. The third-order valence-corrected chi connectivity index (χ3v) is 6.82. The molecule has 1 N–H and O–H groups in total. The number of aryl methyl sites for hydroxylation is 1. The van der Waals surface area contributed by atoms with Crippen molar-refractivity contribution in [2.45, 2.75) is 39.5 Å². The van der Waals surface area contributed by atoms with Gasteiger partial charge in [-0.2, -0.15) is 0 Å². The van der Waals surface area contributed by atoms with Gasteiger partial charge in [0.25, 0.3) is 0 Å². The number of piperazine rings is 1. The number of amides is 2. The van der Waals surface area contributed by atoms with E-state index in [9.17, 15) is 9.59 Å². The van der Waals surface area contributed by atoms with Gasteiger partial charge in [0.1, 0.15) is 5.82 Å². The topological polar surface area (TPSA) is 68.8 Å². The van der Waals surface area contributed by atoms with Gasteiger partial charge in [-0.05, 0) is 62.6 Å². The van der Waals surface area contributed by atoms with Gasteiger partial charge in [0, 0.05) is 63.2 Å². The molecule has 3 heterocycles. The zero-order chi connectivity index (χ0) is 22.7. The Balaban J connectivity index is 1.36. The minimum absolute atomic E-state index is 0.0852. The van der Waals surface area contributed by atoms with Gasteiger partial charge in [0.2, 0.25) is 11.8 Å². The number of benzene rings is 1. The lowest BCUT2D eigenvalue weighted by Gasteiger charge is -2.33. The van der Waals surface area contributed by atoms with Crippen molar-refractivity contribution in [3.05, 3.63) is 29.8 Å². The van der Waals surface area contributed by atoms with E-state index in [2.05, 4.69) is 42.1 Å².